The summed E-state index contributed by atoms with van der Waals surface area (Å²) in [4.78, 5) is 11.7. The molecule has 1 rings (SSSR count). The molecule has 0 amide bonds. The zero-order valence-electron chi connectivity index (χ0n) is 10.3. The molecule has 0 aliphatic carbocycles. The molecule has 0 radical (unpaired) electrons. The molecule has 0 aromatic heterocycles. The van der Waals surface area contributed by atoms with E-state index in [1.807, 2.05) is 30.3 Å². The Morgan fingerprint density at radius 2 is 2.06 bits per heavy atom. The van der Waals surface area contributed by atoms with Crippen LogP contribution in [0.2, 0.25) is 0 Å². The molecule has 92 valence electrons. The normalized spacial score (nSPS) is 12.2. The van der Waals surface area contributed by atoms with Crippen LogP contribution >= 0.6 is 0 Å². The second-order valence-corrected chi connectivity index (χ2v) is 6.21. The fraction of sp³-hybridized carbons (Fsp3) is 0.357. The van der Waals surface area contributed by atoms with Crippen LogP contribution in [0.25, 0.3) is 0 Å². The van der Waals surface area contributed by atoms with Crippen molar-refractivity contribution in [3.8, 4) is 0 Å². The van der Waals surface area contributed by atoms with Crippen molar-refractivity contribution < 1.29 is 9.53 Å². The van der Waals surface area contributed by atoms with Gasteiger partial charge in [-0.3, -0.25) is 0 Å². The van der Waals surface area contributed by atoms with Crippen molar-refractivity contribution in [1.82, 2.24) is 0 Å². The molecule has 0 fully saturated rings. The van der Waals surface area contributed by atoms with Gasteiger partial charge >= 0.3 is 109 Å². The summed E-state index contributed by atoms with van der Waals surface area (Å²) in [5.41, 5.74) is 0. The summed E-state index contributed by atoms with van der Waals surface area (Å²) in [5, 5.41) is 0. The molecular formula is C14H18O2Se. The van der Waals surface area contributed by atoms with Crippen molar-refractivity contribution in [2.45, 2.75) is 26.4 Å². The summed E-state index contributed by atoms with van der Waals surface area (Å²) in [6.45, 7) is 7.79. The van der Waals surface area contributed by atoms with Gasteiger partial charge in [0.1, 0.15) is 0 Å². The molecule has 1 atom stereocenters. The van der Waals surface area contributed by atoms with Crippen LogP contribution in [0.15, 0.2) is 43.0 Å². The second kappa shape index (κ2) is 7.31. The van der Waals surface area contributed by atoms with E-state index in [1.165, 1.54) is 0 Å². The van der Waals surface area contributed by atoms with E-state index >= 15 is 0 Å². The van der Waals surface area contributed by atoms with Crippen molar-refractivity contribution in [2.24, 2.45) is 5.92 Å². The predicted molar refractivity (Wildman–Crippen MR) is 71.8 cm³/mol. The minimum atomic E-state index is -0.254. The summed E-state index contributed by atoms with van der Waals surface area (Å²) in [7, 11) is 0. The summed E-state index contributed by atoms with van der Waals surface area (Å²) in [6, 6.07) is 9.74. The van der Waals surface area contributed by atoms with Gasteiger partial charge in [0.25, 0.3) is 0 Å². The Morgan fingerprint density at radius 1 is 1.41 bits per heavy atom. The summed E-state index contributed by atoms with van der Waals surface area (Å²) < 4.78 is 6.52. The fourth-order valence-electron chi connectivity index (χ4n) is 1.35. The SMILES string of the molecule is C=CCC(OC(=O)[Se]c1ccccc1)C(C)C. The van der Waals surface area contributed by atoms with Gasteiger partial charge in [-0.1, -0.05) is 0 Å². The van der Waals surface area contributed by atoms with E-state index in [0.717, 1.165) is 4.46 Å². The van der Waals surface area contributed by atoms with Crippen molar-refractivity contribution in [1.29, 1.82) is 0 Å². The van der Waals surface area contributed by atoms with E-state index in [9.17, 15) is 4.79 Å². The molecule has 1 unspecified atom stereocenters. The molecule has 0 aliphatic heterocycles. The number of rotatable bonds is 6. The summed E-state index contributed by atoms with van der Waals surface area (Å²) >= 11 is -0.254. The van der Waals surface area contributed by atoms with E-state index in [4.69, 9.17) is 4.74 Å². The van der Waals surface area contributed by atoms with E-state index < -0.39 is 0 Å². The monoisotopic (exact) mass is 298 g/mol. The standard InChI is InChI=1S/C14H18O2Se/c1-4-8-13(11(2)3)16-14(15)17-12-9-6-5-7-10-12/h4-7,9-11,13H,1,8H2,2-3H3. The summed E-state index contributed by atoms with van der Waals surface area (Å²) in [6.07, 6.45) is 2.47. The van der Waals surface area contributed by atoms with Gasteiger partial charge in [-0.15, -0.1) is 0 Å². The van der Waals surface area contributed by atoms with Crippen LogP contribution in [-0.2, 0) is 4.74 Å². The van der Waals surface area contributed by atoms with E-state index in [1.54, 1.807) is 6.08 Å². The number of hydrogen-bond acceptors (Lipinski definition) is 2. The molecule has 2 nitrogen and oxygen atoms in total. The topological polar surface area (TPSA) is 26.3 Å². The van der Waals surface area contributed by atoms with Crippen molar-refractivity contribution in [3.05, 3.63) is 43.0 Å². The first kappa shape index (κ1) is 14.0. The van der Waals surface area contributed by atoms with Crippen LogP contribution in [0.3, 0.4) is 0 Å². The van der Waals surface area contributed by atoms with Crippen LogP contribution in [-0.4, -0.2) is 25.9 Å². The second-order valence-electron chi connectivity index (χ2n) is 4.09. The summed E-state index contributed by atoms with van der Waals surface area (Å²) in [5.74, 6) is 0.323. The molecule has 0 spiro atoms. The first-order chi connectivity index (χ1) is 8.13. The third kappa shape index (κ3) is 5.20. The maximum absolute atomic E-state index is 11.8. The minimum absolute atomic E-state index is 0.0504. The van der Waals surface area contributed by atoms with Gasteiger partial charge in [-0.05, 0) is 0 Å². The Balaban J connectivity index is 2.50. The van der Waals surface area contributed by atoms with Gasteiger partial charge in [-0.25, -0.2) is 0 Å². The zero-order valence-corrected chi connectivity index (χ0v) is 12.0. The molecule has 3 heteroatoms. The van der Waals surface area contributed by atoms with Gasteiger partial charge in [0.05, 0.1) is 0 Å². The van der Waals surface area contributed by atoms with Gasteiger partial charge in [0.2, 0.25) is 0 Å². The Labute approximate surface area is 109 Å². The maximum atomic E-state index is 11.8. The van der Waals surface area contributed by atoms with Gasteiger partial charge in [0.15, 0.2) is 0 Å². The molecular weight excluding hydrogens is 279 g/mol. The van der Waals surface area contributed by atoms with Crippen LogP contribution in [0.5, 0.6) is 0 Å². The van der Waals surface area contributed by atoms with Crippen molar-refractivity contribution in [2.75, 3.05) is 0 Å². The number of ether oxygens (including phenoxy) is 1. The van der Waals surface area contributed by atoms with E-state index in [0.29, 0.717) is 12.3 Å². The molecule has 0 saturated carbocycles. The van der Waals surface area contributed by atoms with Gasteiger partial charge in [-0.2, -0.15) is 0 Å². The average molecular weight is 297 g/mol. The third-order valence-corrected chi connectivity index (χ3v) is 3.95. The average Bonchev–Trinajstić information content (AvgIpc) is 2.29. The molecule has 0 N–H and O–H groups in total. The first-order valence-electron chi connectivity index (χ1n) is 5.68. The molecule has 17 heavy (non-hydrogen) atoms. The van der Waals surface area contributed by atoms with Crippen LogP contribution < -0.4 is 4.46 Å². The Morgan fingerprint density at radius 3 is 2.59 bits per heavy atom. The first-order valence-corrected chi connectivity index (χ1v) is 7.39. The predicted octanol–water partition coefficient (Wildman–Crippen LogP) is 2.75. The molecule has 0 saturated heterocycles. The van der Waals surface area contributed by atoms with E-state index in [2.05, 4.69) is 20.4 Å². The Hall–Kier alpha value is -1.05. The van der Waals surface area contributed by atoms with Crippen LogP contribution in [0, 0.1) is 5.92 Å². The van der Waals surface area contributed by atoms with E-state index in [-0.39, 0.29) is 25.9 Å². The Kier molecular flexibility index (Phi) is 6.02. The number of carbonyl (C=O) groups is 1. The van der Waals surface area contributed by atoms with Crippen molar-refractivity contribution in [3.63, 3.8) is 0 Å². The molecule has 1 aromatic rings. The number of benzene rings is 1. The van der Waals surface area contributed by atoms with Gasteiger partial charge in [0, 0.05) is 0 Å². The third-order valence-electron chi connectivity index (χ3n) is 2.33. The molecule has 0 aliphatic rings. The molecule has 0 bridgehead atoms. The quantitative estimate of drug-likeness (QED) is 0.596. The number of carbonyl (C=O) groups excluding carboxylic acids is 1. The van der Waals surface area contributed by atoms with Crippen LogP contribution in [0.1, 0.15) is 20.3 Å². The fourth-order valence-corrected chi connectivity index (χ4v) is 2.73. The van der Waals surface area contributed by atoms with Crippen molar-refractivity contribution >= 4 is 24.3 Å². The van der Waals surface area contributed by atoms with Crippen LogP contribution in [0.4, 0.5) is 4.79 Å². The number of hydrogen-bond donors (Lipinski definition) is 0. The molecule has 0 heterocycles. The zero-order chi connectivity index (χ0) is 12.7. The molecule has 1 aromatic carbocycles. The Bertz CT molecular complexity index is 360. The van der Waals surface area contributed by atoms with Gasteiger partial charge < -0.3 is 0 Å².